The predicted octanol–water partition coefficient (Wildman–Crippen LogP) is 0.937. The van der Waals surface area contributed by atoms with Gasteiger partial charge in [-0.3, -0.25) is 0 Å². The smallest absolute Gasteiger partial charge is 0.0454 e. The number of benzene rings is 2. The number of thiophene rings is 1. The summed E-state index contributed by atoms with van der Waals surface area (Å²) in [5.74, 6) is 0. The Bertz CT molecular complexity index is 873. The van der Waals surface area contributed by atoms with Gasteiger partial charge in [-0.2, -0.15) is 0 Å². The summed E-state index contributed by atoms with van der Waals surface area (Å²) in [5, 5.41) is 2.07. The Balaban J connectivity index is 0.000000232. The molecule has 1 heterocycles. The molecule has 0 amide bonds. The fourth-order valence-electron chi connectivity index (χ4n) is 2.89. The zero-order chi connectivity index (χ0) is 16.9. The van der Waals surface area contributed by atoms with E-state index in [1.807, 2.05) is 18.2 Å². The van der Waals surface area contributed by atoms with Gasteiger partial charge in [0.1, 0.15) is 0 Å². The molecule has 5 rings (SSSR count). The standard InChI is InChI=1S/C13H9.C7H4ClS.2ClH.S.Zr/c1-3-7-12-10(5-1)9-11-6-2-4-8-13(11)12;8-7-6-3-1-2-5(6)4-9-7;;;;/h1-7H,9H2;1-4H;2*1H;;/q2*-1;;;;+2/p-2. The largest absolute Gasteiger partial charge is 0.147 e. The molecule has 2 aromatic rings. The molecule has 1 aliphatic heterocycles. The molecule has 0 N–H and O–H groups in total. The molecular weight excluding hydrogens is 502 g/mol. The van der Waals surface area contributed by atoms with Crippen LogP contribution in [0, 0.1) is 6.07 Å². The van der Waals surface area contributed by atoms with E-state index in [1.165, 1.54) is 33.4 Å². The van der Waals surface area contributed by atoms with Crippen LogP contribution >= 0.6 is 31.8 Å². The molecule has 0 saturated carbocycles. The zero-order valence-corrected chi connectivity index (χ0v) is 19.9. The van der Waals surface area contributed by atoms with Gasteiger partial charge in [0.25, 0.3) is 0 Å². The number of halogens is 3. The van der Waals surface area contributed by atoms with Crippen LogP contribution in [0.15, 0.2) is 66.0 Å². The third-order valence-corrected chi connectivity index (χ3v) is 5.23. The Morgan fingerprint density at radius 1 is 0.923 bits per heavy atom. The first kappa shape index (κ1) is 23.8. The van der Waals surface area contributed by atoms with Crippen molar-refractivity contribution in [3.63, 3.8) is 0 Å². The molecule has 0 saturated heterocycles. The van der Waals surface area contributed by atoms with Crippen LogP contribution in [0.3, 0.4) is 0 Å². The first-order valence-electron chi connectivity index (χ1n) is 7.39. The van der Waals surface area contributed by atoms with Crippen molar-refractivity contribution in [3.8, 4) is 22.3 Å². The van der Waals surface area contributed by atoms with Crippen LogP contribution < -0.4 is 24.8 Å². The van der Waals surface area contributed by atoms with Crippen molar-refractivity contribution in [2.45, 2.75) is 6.42 Å². The summed E-state index contributed by atoms with van der Waals surface area (Å²) in [6.45, 7) is 0. The average Bonchev–Trinajstić information content (AvgIpc) is 3.33. The summed E-state index contributed by atoms with van der Waals surface area (Å²) >= 11 is 8.56. The van der Waals surface area contributed by atoms with Crippen LogP contribution in [0.25, 0.3) is 22.3 Å². The monoisotopic (exact) mass is 512 g/mol. The summed E-state index contributed by atoms with van der Waals surface area (Å²) in [6, 6.07) is 24.2. The number of hydrogen-bond donors (Lipinski definition) is 0. The van der Waals surface area contributed by atoms with E-state index in [4.69, 9.17) is 11.6 Å². The minimum absolute atomic E-state index is 0. The van der Waals surface area contributed by atoms with Gasteiger partial charge in [0.2, 0.25) is 0 Å². The van der Waals surface area contributed by atoms with Gasteiger partial charge in [-0.1, -0.05) is 40.8 Å². The Hall–Kier alpha value is -0.277. The van der Waals surface area contributed by atoms with Crippen LogP contribution in [-0.4, -0.2) is 0 Å². The van der Waals surface area contributed by atoms with Crippen molar-refractivity contribution >= 4 is 31.8 Å². The zero-order valence-electron chi connectivity index (χ0n) is 13.5. The van der Waals surface area contributed by atoms with E-state index in [2.05, 4.69) is 62.8 Å². The van der Waals surface area contributed by atoms with Crippen LogP contribution in [0.4, 0.5) is 0 Å². The van der Waals surface area contributed by atoms with Crippen LogP contribution in [0.2, 0.25) is 4.34 Å². The topological polar surface area (TPSA) is 0 Å². The molecule has 0 nitrogen and oxygen atoms in total. The van der Waals surface area contributed by atoms with Gasteiger partial charge < -0.3 is 24.8 Å². The van der Waals surface area contributed by atoms with Gasteiger partial charge in [0.05, 0.1) is 0 Å². The van der Waals surface area contributed by atoms with E-state index in [0.717, 1.165) is 33.4 Å². The summed E-state index contributed by atoms with van der Waals surface area (Å²) in [6.07, 6.45) is 1.07. The molecule has 6 heteroatoms. The molecule has 132 valence electrons. The maximum absolute atomic E-state index is 5.83. The second-order valence-corrected chi connectivity index (χ2v) is 6.79. The fourth-order valence-corrected chi connectivity index (χ4v) is 3.94. The minimum Gasteiger partial charge on any atom is -0.147 e. The normalized spacial score (nSPS) is 10.1. The summed E-state index contributed by atoms with van der Waals surface area (Å²) in [7, 11) is 4.17. The van der Waals surface area contributed by atoms with Gasteiger partial charge in [0, 0.05) is 0 Å². The van der Waals surface area contributed by atoms with Gasteiger partial charge in [-0.05, 0) is 10.8 Å². The van der Waals surface area contributed by atoms with Crippen molar-refractivity contribution in [3.05, 3.63) is 87.6 Å². The average molecular weight is 515 g/mol. The van der Waals surface area contributed by atoms with Gasteiger partial charge in [0.15, 0.2) is 0 Å². The Labute approximate surface area is 193 Å². The fraction of sp³-hybridized carbons (Fsp3) is 0.0500. The summed E-state index contributed by atoms with van der Waals surface area (Å²) in [4.78, 5) is 0. The summed E-state index contributed by atoms with van der Waals surface area (Å²) in [5.41, 5.74) is 7.92. The number of hydrogen-bond acceptors (Lipinski definition) is 2. The molecular formula is C20H13Cl3S2Zr-2. The van der Waals surface area contributed by atoms with E-state index in [9.17, 15) is 0 Å². The molecule has 0 atom stereocenters. The Morgan fingerprint density at radius 3 is 2.38 bits per heavy atom. The van der Waals surface area contributed by atoms with Gasteiger partial charge >= 0.3 is 31.5 Å². The molecule has 0 radical (unpaired) electrons. The van der Waals surface area contributed by atoms with Gasteiger partial charge in [-0.25, -0.2) is 11.3 Å². The molecule has 2 aliphatic carbocycles. The maximum atomic E-state index is 5.83. The van der Waals surface area contributed by atoms with Crippen LogP contribution in [0.1, 0.15) is 11.1 Å². The number of fused-ring (bicyclic) bond motifs is 4. The summed E-state index contributed by atoms with van der Waals surface area (Å²) < 4.78 is 0.898. The van der Waals surface area contributed by atoms with Crippen molar-refractivity contribution in [2.75, 3.05) is 0 Å². The quantitative estimate of drug-likeness (QED) is 0.277. The van der Waals surface area contributed by atoms with Crippen molar-refractivity contribution in [1.82, 2.24) is 0 Å². The van der Waals surface area contributed by atoms with E-state index in [0.29, 0.717) is 0 Å². The molecule has 0 spiro atoms. The van der Waals surface area contributed by atoms with Crippen LogP contribution in [-0.2, 0) is 29.1 Å². The SMILES string of the molecule is Clc1s[cH-]c2cccc1-2.[Cl-].[Cl-].[S]=[Zr+2].[c-]1cccc2c1-c1ccccc1C2. The maximum Gasteiger partial charge on any atom is -0.0454 e. The first-order valence-corrected chi connectivity index (χ1v) is 12.1. The molecule has 26 heavy (non-hydrogen) atoms. The Morgan fingerprint density at radius 2 is 1.62 bits per heavy atom. The third kappa shape index (κ3) is 5.16. The van der Waals surface area contributed by atoms with Crippen LogP contribution in [0.5, 0.6) is 0 Å². The van der Waals surface area contributed by atoms with Crippen molar-refractivity contribution in [2.24, 2.45) is 0 Å². The Kier molecular flexibility index (Phi) is 10.5. The molecule has 0 aromatic heterocycles. The van der Waals surface area contributed by atoms with Crippen molar-refractivity contribution < 1.29 is 47.5 Å². The van der Waals surface area contributed by atoms with E-state index in [-0.39, 0.29) is 24.8 Å². The second kappa shape index (κ2) is 11.5. The molecule has 0 bridgehead atoms. The second-order valence-electron chi connectivity index (χ2n) is 5.31. The van der Waals surface area contributed by atoms with E-state index in [1.54, 1.807) is 11.3 Å². The molecule has 2 aromatic carbocycles. The predicted molar refractivity (Wildman–Crippen MR) is 103 cm³/mol. The molecule has 3 aliphatic rings. The van der Waals surface area contributed by atoms with E-state index >= 15 is 0 Å². The minimum atomic E-state index is 0. The first-order chi connectivity index (χ1) is 11.8. The van der Waals surface area contributed by atoms with Crippen molar-refractivity contribution in [1.29, 1.82) is 0 Å². The third-order valence-electron chi connectivity index (χ3n) is 3.96. The molecule has 0 fully saturated rings. The van der Waals surface area contributed by atoms with E-state index < -0.39 is 0 Å². The molecule has 0 unspecified atom stereocenters. The number of rotatable bonds is 0. The van der Waals surface area contributed by atoms with Gasteiger partial charge in [-0.15, -0.1) is 76.3 Å².